The highest BCUT2D eigenvalue weighted by Crippen LogP contribution is 2.32. The first-order valence-electron chi connectivity index (χ1n) is 9.40. The van der Waals surface area contributed by atoms with Crippen LogP contribution in [0.3, 0.4) is 0 Å². The van der Waals surface area contributed by atoms with Gasteiger partial charge >= 0.3 is 12.0 Å². The van der Waals surface area contributed by atoms with Crippen molar-refractivity contribution < 1.29 is 23.4 Å². The molecule has 1 aliphatic heterocycles. The van der Waals surface area contributed by atoms with Crippen molar-refractivity contribution >= 4 is 6.09 Å². The number of H-pyrrole nitrogens is 1. The van der Waals surface area contributed by atoms with Crippen molar-refractivity contribution in [2.75, 3.05) is 13.2 Å². The number of hydrogen-bond donors (Lipinski definition) is 2. The van der Waals surface area contributed by atoms with Gasteiger partial charge in [0.25, 0.3) is 0 Å². The van der Waals surface area contributed by atoms with Gasteiger partial charge in [-0.05, 0) is 16.8 Å². The van der Waals surface area contributed by atoms with Gasteiger partial charge in [0.15, 0.2) is 0 Å². The lowest BCUT2D eigenvalue weighted by Crippen LogP contribution is -2.34. The molecule has 1 fully saturated rings. The maximum Gasteiger partial charge on any atom is 0.411 e. The Labute approximate surface area is 171 Å². The first kappa shape index (κ1) is 21.4. The molecule has 2 atom stereocenters. The number of nitrogens with zero attached hydrogens (tertiary/aromatic N) is 4. The summed E-state index contributed by atoms with van der Waals surface area (Å²) in [6, 6.07) is 6.50. The number of ether oxygens (including phenoxy) is 1. The van der Waals surface area contributed by atoms with E-state index in [2.05, 4.69) is 32.5 Å². The highest BCUT2D eigenvalue weighted by atomic mass is 19.3. The van der Waals surface area contributed by atoms with Gasteiger partial charge in [0.2, 0.25) is 0 Å². The molecular formula is C20H21F2N5O3. The fraction of sp³-hybridized carbons (Fsp3) is 0.400. The normalized spacial score (nSPS) is 17.6. The number of carbonyl (C=O) groups is 1. The van der Waals surface area contributed by atoms with Gasteiger partial charge in [0.05, 0.1) is 12.6 Å². The van der Waals surface area contributed by atoms with Crippen LogP contribution in [0.1, 0.15) is 24.2 Å². The first-order chi connectivity index (χ1) is 14.5. The van der Waals surface area contributed by atoms with E-state index in [9.17, 15) is 18.7 Å². The molecule has 0 aliphatic carbocycles. The third kappa shape index (κ3) is 5.39. The average Bonchev–Trinajstić information content (AvgIpc) is 3.39. The number of halogens is 2. The number of aliphatic hydroxyl groups is 1. The van der Waals surface area contributed by atoms with Crippen molar-refractivity contribution in [3.63, 3.8) is 0 Å². The van der Waals surface area contributed by atoms with Crippen molar-refractivity contribution in [1.82, 2.24) is 25.5 Å². The van der Waals surface area contributed by atoms with E-state index in [-0.39, 0.29) is 18.7 Å². The summed E-state index contributed by atoms with van der Waals surface area (Å²) in [5.41, 5.74) is -0.287. The number of cyclic esters (lactones) is 1. The molecule has 0 bridgehead atoms. The number of rotatable bonds is 8. The molecule has 1 amide bonds. The zero-order chi connectivity index (χ0) is 21.4. The first-order valence-corrected chi connectivity index (χ1v) is 9.40. The third-order valence-corrected chi connectivity index (χ3v) is 4.54. The number of benzene rings is 1. The quantitative estimate of drug-likeness (QED) is 0.387. The number of nitrogens with one attached hydrogen (secondary N) is 1. The van der Waals surface area contributed by atoms with Crippen molar-refractivity contribution in [1.29, 1.82) is 0 Å². The second kappa shape index (κ2) is 9.93. The number of tetrazole rings is 1. The number of carbonyl (C=O) groups excluding carboxylic acids is 1. The van der Waals surface area contributed by atoms with Crippen molar-refractivity contribution in [2.45, 2.75) is 37.3 Å². The number of aryl methyl sites for hydroxylation is 1. The highest BCUT2D eigenvalue weighted by molar-refractivity contribution is 5.71. The Kier molecular flexibility index (Phi) is 7.08. The van der Waals surface area contributed by atoms with Gasteiger partial charge in [-0.2, -0.15) is 8.78 Å². The Bertz CT molecular complexity index is 910. The van der Waals surface area contributed by atoms with E-state index in [4.69, 9.17) is 4.74 Å². The molecule has 0 radical (unpaired) electrons. The summed E-state index contributed by atoms with van der Waals surface area (Å²) in [4.78, 5) is 13.2. The number of alkyl halides is 2. The lowest BCUT2D eigenvalue weighted by molar-refractivity contribution is -0.0929. The minimum absolute atomic E-state index is 0.0130. The SMILES string of the molecule is O=C1OCC(C=CC(O)C(F)(F)c2ccccc2)N1CC#CCCCc1nnn[nH]1. The van der Waals surface area contributed by atoms with E-state index in [1.165, 1.54) is 35.2 Å². The number of hydrogen-bond acceptors (Lipinski definition) is 6. The van der Waals surface area contributed by atoms with Crippen LogP contribution in [-0.4, -0.2) is 62.0 Å². The molecule has 2 N–H and O–H groups in total. The number of aromatic nitrogens is 4. The largest absolute Gasteiger partial charge is 0.447 e. The molecular weight excluding hydrogens is 396 g/mol. The Hall–Kier alpha value is -3.32. The van der Waals surface area contributed by atoms with Crippen molar-refractivity contribution in [3.05, 3.63) is 53.9 Å². The summed E-state index contributed by atoms with van der Waals surface area (Å²) in [5, 5.41) is 23.4. The molecule has 3 rings (SSSR count). The van der Waals surface area contributed by atoms with Crippen molar-refractivity contribution in [3.8, 4) is 11.8 Å². The van der Waals surface area contributed by atoms with Gasteiger partial charge < -0.3 is 9.84 Å². The molecule has 158 valence electrons. The molecule has 1 aliphatic rings. The van der Waals surface area contributed by atoms with E-state index in [1.54, 1.807) is 6.07 Å². The molecule has 1 saturated heterocycles. The molecule has 2 aromatic rings. The lowest BCUT2D eigenvalue weighted by Gasteiger charge is -2.21. The molecule has 2 heterocycles. The standard InChI is InChI=1S/C20H21F2N5O3/c21-20(22,15-8-4-3-5-9-15)17(28)12-11-16-14-30-19(29)27(16)13-7-2-1-6-10-18-23-25-26-24-18/h3-5,8-9,11-12,16-17,28H,1,6,10,13-14H2,(H,23,24,25,26). The van der Waals surface area contributed by atoms with Crippen LogP contribution in [-0.2, 0) is 17.1 Å². The zero-order valence-electron chi connectivity index (χ0n) is 16.0. The second-order valence-electron chi connectivity index (χ2n) is 6.65. The van der Waals surface area contributed by atoms with E-state index in [0.717, 1.165) is 12.5 Å². The molecule has 1 aromatic carbocycles. The van der Waals surface area contributed by atoms with Gasteiger partial charge in [0, 0.05) is 18.4 Å². The van der Waals surface area contributed by atoms with Crippen LogP contribution in [0.2, 0.25) is 0 Å². The van der Waals surface area contributed by atoms with Gasteiger partial charge in [-0.3, -0.25) is 4.90 Å². The zero-order valence-corrected chi connectivity index (χ0v) is 16.0. The molecule has 2 unspecified atom stereocenters. The van der Waals surface area contributed by atoms with Crippen LogP contribution in [0, 0.1) is 11.8 Å². The fourth-order valence-electron chi connectivity index (χ4n) is 2.85. The minimum atomic E-state index is -3.45. The second-order valence-corrected chi connectivity index (χ2v) is 6.65. The lowest BCUT2D eigenvalue weighted by atomic mass is 10.0. The number of amides is 1. The predicted molar refractivity (Wildman–Crippen MR) is 102 cm³/mol. The van der Waals surface area contributed by atoms with Crippen LogP contribution in [0.4, 0.5) is 13.6 Å². The molecule has 30 heavy (non-hydrogen) atoms. The van der Waals surface area contributed by atoms with E-state index in [0.29, 0.717) is 18.7 Å². The number of unbranched alkanes of at least 4 members (excludes halogenated alkanes) is 1. The van der Waals surface area contributed by atoms with Crippen LogP contribution < -0.4 is 0 Å². The maximum absolute atomic E-state index is 14.4. The highest BCUT2D eigenvalue weighted by Gasteiger charge is 2.39. The molecule has 0 saturated carbocycles. The summed E-state index contributed by atoms with van der Waals surface area (Å²) < 4.78 is 33.7. The Balaban J connectivity index is 1.52. The fourth-order valence-corrected chi connectivity index (χ4v) is 2.85. The smallest absolute Gasteiger partial charge is 0.411 e. The minimum Gasteiger partial charge on any atom is -0.447 e. The van der Waals surface area contributed by atoms with Crippen LogP contribution in [0.5, 0.6) is 0 Å². The Morgan fingerprint density at radius 2 is 2.17 bits per heavy atom. The summed E-state index contributed by atoms with van der Waals surface area (Å²) in [5.74, 6) is 3.05. The summed E-state index contributed by atoms with van der Waals surface area (Å²) >= 11 is 0. The summed E-state index contributed by atoms with van der Waals surface area (Å²) in [6.07, 6.45) is 1.73. The topological polar surface area (TPSA) is 104 Å². The monoisotopic (exact) mass is 417 g/mol. The Morgan fingerprint density at radius 3 is 2.90 bits per heavy atom. The van der Waals surface area contributed by atoms with Crippen LogP contribution in [0.15, 0.2) is 42.5 Å². The average molecular weight is 417 g/mol. The molecule has 10 heteroatoms. The predicted octanol–water partition coefficient (Wildman–Crippen LogP) is 2.06. The number of aliphatic hydroxyl groups excluding tert-OH is 1. The molecule has 1 aromatic heterocycles. The third-order valence-electron chi connectivity index (χ3n) is 4.54. The maximum atomic E-state index is 14.4. The summed E-state index contributed by atoms with van der Waals surface area (Å²) in [7, 11) is 0. The van der Waals surface area contributed by atoms with E-state index in [1.807, 2.05) is 0 Å². The summed E-state index contributed by atoms with van der Waals surface area (Å²) in [6.45, 7) is 0.113. The molecule has 0 spiro atoms. The van der Waals surface area contributed by atoms with Gasteiger partial charge in [0.1, 0.15) is 18.5 Å². The van der Waals surface area contributed by atoms with Crippen molar-refractivity contribution in [2.24, 2.45) is 0 Å². The van der Waals surface area contributed by atoms with Gasteiger partial charge in [-0.15, -0.1) is 11.0 Å². The van der Waals surface area contributed by atoms with Gasteiger partial charge in [-0.1, -0.05) is 48.4 Å². The molecule has 8 nitrogen and oxygen atoms in total. The van der Waals surface area contributed by atoms with Crippen LogP contribution in [0.25, 0.3) is 0 Å². The Morgan fingerprint density at radius 1 is 1.37 bits per heavy atom. The van der Waals surface area contributed by atoms with E-state index >= 15 is 0 Å². The number of aromatic amines is 1. The van der Waals surface area contributed by atoms with Crippen LogP contribution >= 0.6 is 0 Å². The van der Waals surface area contributed by atoms with Gasteiger partial charge in [-0.25, -0.2) is 9.89 Å². The van der Waals surface area contributed by atoms with E-state index < -0.39 is 24.2 Å².